The van der Waals surface area contributed by atoms with E-state index >= 15 is 0 Å². The minimum absolute atomic E-state index is 0.0575. The SMILES string of the molecule is Cc1ccc(-n2c(SCC(=O)N/N=C/c3cccn3C)nc3sc4c(c3c2=O)CCCC4)cc1. The van der Waals surface area contributed by atoms with E-state index in [0.717, 1.165) is 58.4 Å². The molecule has 1 aliphatic carbocycles. The first-order chi connectivity index (χ1) is 16.5. The van der Waals surface area contributed by atoms with Crippen LogP contribution in [0.4, 0.5) is 0 Å². The van der Waals surface area contributed by atoms with Crippen molar-refractivity contribution in [3.8, 4) is 5.69 Å². The summed E-state index contributed by atoms with van der Waals surface area (Å²) >= 11 is 2.87. The fourth-order valence-corrected chi connectivity index (χ4v) is 6.25. The maximum Gasteiger partial charge on any atom is 0.267 e. The molecule has 174 valence electrons. The van der Waals surface area contributed by atoms with Crippen LogP contribution < -0.4 is 11.0 Å². The summed E-state index contributed by atoms with van der Waals surface area (Å²) in [7, 11) is 1.91. The first kappa shape index (κ1) is 22.6. The fourth-order valence-electron chi connectivity index (χ4n) is 4.15. The van der Waals surface area contributed by atoms with Gasteiger partial charge in [0.15, 0.2) is 5.16 Å². The molecule has 0 spiro atoms. The molecule has 3 aromatic heterocycles. The van der Waals surface area contributed by atoms with Gasteiger partial charge in [-0.3, -0.25) is 14.2 Å². The molecule has 0 saturated heterocycles. The second-order valence-corrected chi connectivity index (χ2v) is 10.4. The molecule has 0 aliphatic heterocycles. The maximum atomic E-state index is 13.7. The number of carbonyl (C=O) groups is 1. The highest BCUT2D eigenvalue weighted by molar-refractivity contribution is 7.99. The molecule has 1 amide bonds. The summed E-state index contributed by atoms with van der Waals surface area (Å²) in [4.78, 5) is 33.1. The number of nitrogens with zero attached hydrogens (tertiary/aromatic N) is 4. The lowest BCUT2D eigenvalue weighted by molar-refractivity contribution is -0.118. The number of hydrogen-bond donors (Lipinski definition) is 1. The van der Waals surface area contributed by atoms with Crippen LogP contribution in [0.1, 0.15) is 34.5 Å². The Morgan fingerprint density at radius 2 is 2.03 bits per heavy atom. The van der Waals surface area contributed by atoms with E-state index < -0.39 is 0 Å². The number of carbonyl (C=O) groups excluding carboxylic acids is 1. The number of thioether (sulfide) groups is 1. The van der Waals surface area contributed by atoms with E-state index in [4.69, 9.17) is 4.98 Å². The van der Waals surface area contributed by atoms with Gasteiger partial charge in [0, 0.05) is 18.1 Å². The van der Waals surface area contributed by atoms with Crippen molar-refractivity contribution in [3.05, 3.63) is 74.6 Å². The number of amides is 1. The van der Waals surface area contributed by atoms with Crippen molar-refractivity contribution in [2.45, 2.75) is 37.8 Å². The molecule has 1 aromatic carbocycles. The summed E-state index contributed by atoms with van der Waals surface area (Å²) in [6.45, 7) is 2.01. The van der Waals surface area contributed by atoms with Crippen molar-refractivity contribution >= 4 is 45.4 Å². The third-order valence-corrected chi connectivity index (χ3v) is 8.08. The Labute approximate surface area is 205 Å². The number of aromatic nitrogens is 3. The summed E-state index contributed by atoms with van der Waals surface area (Å²) in [6.07, 6.45) is 7.69. The quantitative estimate of drug-likeness (QED) is 0.190. The monoisotopic (exact) mass is 491 g/mol. The van der Waals surface area contributed by atoms with E-state index in [1.807, 2.05) is 61.1 Å². The standard InChI is InChI=1S/C25H25N5O2S2/c1-16-9-11-17(12-10-16)30-24(32)22-19-7-3-4-8-20(19)34-23(22)27-25(30)33-15-21(31)28-26-14-18-6-5-13-29(18)2/h5-6,9-14H,3-4,7-8,15H2,1-2H3,(H,28,31)/b26-14+. The normalized spacial score (nSPS) is 13.5. The van der Waals surface area contributed by atoms with Gasteiger partial charge in [0.25, 0.3) is 11.5 Å². The number of thiophene rings is 1. The minimum atomic E-state index is -0.259. The van der Waals surface area contributed by atoms with Gasteiger partial charge in [-0.25, -0.2) is 10.4 Å². The smallest absolute Gasteiger partial charge is 0.267 e. The molecule has 0 atom stereocenters. The zero-order valence-corrected chi connectivity index (χ0v) is 20.7. The van der Waals surface area contributed by atoms with Crippen LogP contribution >= 0.6 is 23.1 Å². The van der Waals surface area contributed by atoms with Crippen LogP contribution in [0, 0.1) is 6.92 Å². The fraction of sp³-hybridized carbons (Fsp3) is 0.280. The highest BCUT2D eigenvalue weighted by Crippen LogP contribution is 2.35. The van der Waals surface area contributed by atoms with E-state index in [2.05, 4.69) is 10.5 Å². The minimum Gasteiger partial charge on any atom is -0.350 e. The number of rotatable bonds is 6. The molecule has 0 bridgehead atoms. The first-order valence-electron chi connectivity index (χ1n) is 11.2. The van der Waals surface area contributed by atoms with Crippen molar-refractivity contribution in [1.82, 2.24) is 19.5 Å². The summed E-state index contributed by atoms with van der Waals surface area (Å²) in [5.74, 6) is -0.162. The lowest BCUT2D eigenvalue weighted by Gasteiger charge is -2.13. The molecular weight excluding hydrogens is 466 g/mol. The summed E-state index contributed by atoms with van der Waals surface area (Å²) < 4.78 is 3.55. The lowest BCUT2D eigenvalue weighted by atomic mass is 9.97. The van der Waals surface area contributed by atoms with Crippen molar-refractivity contribution in [2.75, 3.05) is 5.75 Å². The largest absolute Gasteiger partial charge is 0.350 e. The van der Waals surface area contributed by atoms with Gasteiger partial charge in [0.05, 0.1) is 28.7 Å². The molecule has 0 saturated carbocycles. The lowest BCUT2D eigenvalue weighted by Crippen LogP contribution is -2.24. The highest BCUT2D eigenvalue weighted by Gasteiger charge is 2.23. The van der Waals surface area contributed by atoms with E-state index in [-0.39, 0.29) is 17.2 Å². The topological polar surface area (TPSA) is 81.3 Å². The number of aryl methyl sites for hydroxylation is 4. The first-order valence-corrected chi connectivity index (χ1v) is 13.0. The number of fused-ring (bicyclic) bond motifs is 3. The number of benzene rings is 1. The number of nitrogens with one attached hydrogen (secondary N) is 1. The Morgan fingerprint density at radius 3 is 2.79 bits per heavy atom. The number of hydrazone groups is 1. The second-order valence-electron chi connectivity index (χ2n) is 8.39. The van der Waals surface area contributed by atoms with Crippen LogP contribution in [0.5, 0.6) is 0 Å². The van der Waals surface area contributed by atoms with Crippen LogP contribution in [0.2, 0.25) is 0 Å². The van der Waals surface area contributed by atoms with E-state index in [9.17, 15) is 9.59 Å². The summed E-state index contributed by atoms with van der Waals surface area (Å²) in [5, 5.41) is 5.30. The summed E-state index contributed by atoms with van der Waals surface area (Å²) in [5.41, 5.74) is 6.42. The summed E-state index contributed by atoms with van der Waals surface area (Å²) in [6, 6.07) is 11.6. The highest BCUT2D eigenvalue weighted by atomic mass is 32.2. The average molecular weight is 492 g/mol. The van der Waals surface area contributed by atoms with Gasteiger partial charge in [0.1, 0.15) is 4.83 Å². The Kier molecular flexibility index (Phi) is 6.38. The number of hydrogen-bond acceptors (Lipinski definition) is 6. The van der Waals surface area contributed by atoms with Crippen LogP contribution in [0.3, 0.4) is 0 Å². The third-order valence-electron chi connectivity index (χ3n) is 5.95. The molecule has 5 rings (SSSR count). The van der Waals surface area contributed by atoms with Gasteiger partial charge in [-0.2, -0.15) is 5.10 Å². The van der Waals surface area contributed by atoms with Crippen LogP contribution in [-0.2, 0) is 24.7 Å². The Balaban J connectivity index is 1.45. The predicted octanol–water partition coefficient (Wildman–Crippen LogP) is 4.22. The van der Waals surface area contributed by atoms with E-state index in [1.54, 1.807) is 22.1 Å². The zero-order chi connectivity index (χ0) is 23.7. The van der Waals surface area contributed by atoms with Crippen LogP contribution in [0.15, 0.2) is 57.6 Å². The van der Waals surface area contributed by atoms with Crippen molar-refractivity contribution in [3.63, 3.8) is 0 Å². The Hall–Kier alpha value is -3.17. The molecule has 0 unspecified atom stereocenters. The maximum absolute atomic E-state index is 13.7. The van der Waals surface area contributed by atoms with Crippen molar-refractivity contribution in [1.29, 1.82) is 0 Å². The molecule has 3 heterocycles. The molecule has 9 heteroatoms. The molecule has 34 heavy (non-hydrogen) atoms. The van der Waals surface area contributed by atoms with Gasteiger partial charge in [0.2, 0.25) is 0 Å². The molecular formula is C25H25N5O2S2. The predicted molar refractivity (Wildman–Crippen MR) is 138 cm³/mol. The van der Waals surface area contributed by atoms with Crippen molar-refractivity contribution < 1.29 is 4.79 Å². The van der Waals surface area contributed by atoms with Crippen LogP contribution in [-0.4, -0.2) is 32.0 Å². The molecule has 0 radical (unpaired) electrons. The Bertz CT molecular complexity index is 1450. The molecule has 4 aromatic rings. The van der Waals surface area contributed by atoms with Gasteiger partial charge in [-0.1, -0.05) is 29.5 Å². The zero-order valence-electron chi connectivity index (χ0n) is 19.1. The molecule has 0 fully saturated rings. The van der Waals surface area contributed by atoms with Gasteiger partial charge < -0.3 is 4.57 Å². The molecule has 7 nitrogen and oxygen atoms in total. The average Bonchev–Trinajstić information content (AvgIpc) is 3.41. The van der Waals surface area contributed by atoms with Crippen molar-refractivity contribution in [2.24, 2.45) is 12.1 Å². The van der Waals surface area contributed by atoms with Gasteiger partial charge in [-0.15, -0.1) is 11.3 Å². The van der Waals surface area contributed by atoms with Gasteiger partial charge in [-0.05, 0) is 62.4 Å². The molecule has 1 N–H and O–H groups in total. The van der Waals surface area contributed by atoms with Crippen LogP contribution in [0.25, 0.3) is 15.9 Å². The molecule has 1 aliphatic rings. The third kappa shape index (κ3) is 4.45. The Morgan fingerprint density at radius 1 is 1.24 bits per heavy atom. The van der Waals surface area contributed by atoms with E-state index in [1.165, 1.54) is 16.6 Å². The van der Waals surface area contributed by atoms with Gasteiger partial charge >= 0.3 is 0 Å². The van der Waals surface area contributed by atoms with E-state index in [0.29, 0.717) is 5.16 Å². The second kappa shape index (κ2) is 9.60.